The second-order valence-electron chi connectivity index (χ2n) is 8.33. The Labute approximate surface area is 175 Å². The molecule has 2 aliphatic carbocycles. The molecule has 1 atom stereocenters. The molecule has 2 heterocycles. The highest BCUT2D eigenvalue weighted by atomic mass is 32.1. The molecule has 1 aliphatic heterocycles. The molecule has 7 heteroatoms. The first-order valence-corrected chi connectivity index (χ1v) is 11.7. The summed E-state index contributed by atoms with van der Waals surface area (Å²) in [5.74, 6) is -1.36. The molecule has 1 unspecified atom stereocenters. The van der Waals surface area contributed by atoms with Crippen molar-refractivity contribution in [3.8, 4) is 0 Å². The van der Waals surface area contributed by atoms with E-state index in [4.69, 9.17) is 9.47 Å². The molecule has 0 aromatic carbocycles. The van der Waals surface area contributed by atoms with Gasteiger partial charge in [0.25, 0.3) is 0 Å². The largest absolute Gasteiger partial charge is 0.462 e. The third-order valence-electron chi connectivity index (χ3n) is 6.48. The SMILES string of the molecule is CCOC(=O)c1c(NC(=O)C2CC(=O)OC23CCCCC3)sc2c1CCCCC2. The van der Waals surface area contributed by atoms with Gasteiger partial charge in [0.15, 0.2) is 0 Å². The molecule has 1 saturated carbocycles. The summed E-state index contributed by atoms with van der Waals surface area (Å²) in [5.41, 5.74) is 0.884. The smallest absolute Gasteiger partial charge is 0.341 e. The van der Waals surface area contributed by atoms with Crippen LogP contribution in [0.5, 0.6) is 0 Å². The van der Waals surface area contributed by atoms with Crippen LogP contribution in [-0.2, 0) is 31.9 Å². The summed E-state index contributed by atoms with van der Waals surface area (Å²) < 4.78 is 11.0. The molecule has 1 amide bonds. The van der Waals surface area contributed by atoms with Crippen LogP contribution in [0.4, 0.5) is 5.00 Å². The zero-order chi connectivity index (χ0) is 20.4. The van der Waals surface area contributed by atoms with Gasteiger partial charge >= 0.3 is 11.9 Å². The maximum Gasteiger partial charge on any atom is 0.341 e. The molecule has 1 aromatic heterocycles. The van der Waals surface area contributed by atoms with E-state index in [-0.39, 0.29) is 24.3 Å². The van der Waals surface area contributed by atoms with Gasteiger partial charge in [0.1, 0.15) is 10.6 Å². The summed E-state index contributed by atoms with van der Waals surface area (Å²) in [6.07, 6.45) is 9.69. The van der Waals surface area contributed by atoms with Crippen molar-refractivity contribution in [2.45, 2.75) is 83.2 Å². The lowest BCUT2D eigenvalue weighted by molar-refractivity contribution is -0.153. The van der Waals surface area contributed by atoms with Crippen LogP contribution in [-0.4, -0.2) is 30.1 Å². The van der Waals surface area contributed by atoms with Crippen molar-refractivity contribution in [1.29, 1.82) is 0 Å². The van der Waals surface area contributed by atoms with Gasteiger partial charge in [-0.25, -0.2) is 4.79 Å². The van der Waals surface area contributed by atoms with E-state index in [0.29, 0.717) is 17.2 Å². The zero-order valence-corrected chi connectivity index (χ0v) is 17.8. The summed E-state index contributed by atoms with van der Waals surface area (Å²) in [6, 6.07) is 0. The number of thiophene rings is 1. The second-order valence-corrected chi connectivity index (χ2v) is 9.44. The number of carbonyl (C=O) groups is 3. The Bertz CT molecular complexity index is 808. The van der Waals surface area contributed by atoms with Gasteiger partial charge in [0.05, 0.1) is 24.5 Å². The Morgan fingerprint density at radius 1 is 1.14 bits per heavy atom. The van der Waals surface area contributed by atoms with E-state index in [1.54, 1.807) is 6.92 Å². The highest BCUT2D eigenvalue weighted by Crippen LogP contribution is 2.45. The Kier molecular flexibility index (Phi) is 5.95. The molecular weight excluding hydrogens is 390 g/mol. The van der Waals surface area contributed by atoms with Gasteiger partial charge in [-0.15, -0.1) is 11.3 Å². The number of rotatable bonds is 4. The average Bonchev–Trinajstić information content (AvgIpc) is 3.09. The number of ether oxygens (including phenoxy) is 2. The maximum absolute atomic E-state index is 13.3. The normalized spacial score (nSPS) is 23.2. The molecule has 0 radical (unpaired) electrons. The number of nitrogens with one attached hydrogen (secondary N) is 1. The second kappa shape index (κ2) is 8.46. The highest BCUT2D eigenvalue weighted by molar-refractivity contribution is 7.17. The van der Waals surface area contributed by atoms with E-state index in [0.717, 1.165) is 69.8 Å². The van der Waals surface area contributed by atoms with Crippen molar-refractivity contribution < 1.29 is 23.9 Å². The van der Waals surface area contributed by atoms with Crippen LogP contribution >= 0.6 is 11.3 Å². The maximum atomic E-state index is 13.3. The van der Waals surface area contributed by atoms with Crippen LogP contribution in [0.2, 0.25) is 0 Å². The van der Waals surface area contributed by atoms with Crippen LogP contribution in [0.3, 0.4) is 0 Å². The molecule has 6 nitrogen and oxygen atoms in total. The summed E-state index contributed by atoms with van der Waals surface area (Å²) in [5, 5.41) is 3.58. The molecule has 1 aromatic rings. The van der Waals surface area contributed by atoms with E-state index < -0.39 is 11.5 Å². The van der Waals surface area contributed by atoms with Crippen molar-refractivity contribution in [2.75, 3.05) is 11.9 Å². The first-order valence-electron chi connectivity index (χ1n) is 10.9. The Morgan fingerprint density at radius 2 is 1.86 bits per heavy atom. The molecule has 1 saturated heterocycles. The first-order chi connectivity index (χ1) is 14.0. The quantitative estimate of drug-likeness (QED) is 0.578. The summed E-state index contributed by atoms with van der Waals surface area (Å²) >= 11 is 1.49. The van der Waals surface area contributed by atoms with Gasteiger partial charge in [-0.1, -0.05) is 12.8 Å². The van der Waals surface area contributed by atoms with Crippen LogP contribution < -0.4 is 5.32 Å². The third kappa shape index (κ3) is 3.93. The standard InChI is InChI=1S/C22H29NO5S/c1-2-27-21(26)18-14-9-5-3-6-10-16(14)29-20(18)23-19(25)15-13-17(24)28-22(15)11-7-4-8-12-22/h15H,2-13H2,1H3,(H,23,25). The minimum atomic E-state index is -0.669. The number of amides is 1. The van der Waals surface area contributed by atoms with E-state index >= 15 is 0 Å². The summed E-state index contributed by atoms with van der Waals surface area (Å²) in [6.45, 7) is 2.08. The van der Waals surface area contributed by atoms with E-state index in [9.17, 15) is 14.4 Å². The number of esters is 2. The lowest BCUT2D eigenvalue weighted by Crippen LogP contribution is -2.43. The predicted molar refractivity (Wildman–Crippen MR) is 110 cm³/mol. The van der Waals surface area contributed by atoms with Gasteiger partial charge < -0.3 is 14.8 Å². The molecular formula is C22H29NO5S. The van der Waals surface area contributed by atoms with Gasteiger partial charge in [0.2, 0.25) is 5.91 Å². The molecule has 29 heavy (non-hydrogen) atoms. The van der Waals surface area contributed by atoms with Gasteiger partial charge in [-0.05, 0) is 63.9 Å². The van der Waals surface area contributed by atoms with Crippen molar-refractivity contribution in [3.63, 3.8) is 0 Å². The van der Waals surface area contributed by atoms with Crippen LogP contribution in [0.1, 0.15) is 85.5 Å². The number of anilines is 1. The number of hydrogen-bond donors (Lipinski definition) is 1. The fraction of sp³-hybridized carbons (Fsp3) is 0.682. The fourth-order valence-corrected chi connectivity index (χ4v) is 6.35. The van der Waals surface area contributed by atoms with Crippen molar-refractivity contribution in [3.05, 3.63) is 16.0 Å². The monoisotopic (exact) mass is 419 g/mol. The third-order valence-corrected chi connectivity index (χ3v) is 7.68. The molecule has 4 rings (SSSR count). The molecule has 0 bridgehead atoms. The molecule has 2 fully saturated rings. The minimum Gasteiger partial charge on any atom is -0.462 e. The summed E-state index contributed by atoms with van der Waals surface area (Å²) in [7, 11) is 0. The Balaban J connectivity index is 1.62. The number of aryl methyl sites for hydroxylation is 1. The molecule has 3 aliphatic rings. The van der Waals surface area contributed by atoms with E-state index in [1.165, 1.54) is 16.2 Å². The fourth-order valence-electron chi connectivity index (χ4n) is 5.07. The number of hydrogen-bond acceptors (Lipinski definition) is 6. The number of fused-ring (bicyclic) bond motifs is 1. The van der Waals surface area contributed by atoms with Gasteiger partial charge in [-0.3, -0.25) is 9.59 Å². The van der Waals surface area contributed by atoms with Gasteiger partial charge in [-0.2, -0.15) is 0 Å². The Morgan fingerprint density at radius 3 is 2.62 bits per heavy atom. The Hall–Kier alpha value is -1.89. The van der Waals surface area contributed by atoms with Crippen LogP contribution in [0.25, 0.3) is 0 Å². The first kappa shape index (κ1) is 20.4. The van der Waals surface area contributed by atoms with E-state index in [2.05, 4.69) is 5.32 Å². The number of carbonyl (C=O) groups excluding carboxylic acids is 3. The van der Waals surface area contributed by atoms with Gasteiger partial charge in [0, 0.05) is 4.88 Å². The molecule has 1 N–H and O–H groups in total. The van der Waals surface area contributed by atoms with Crippen LogP contribution in [0, 0.1) is 5.92 Å². The minimum absolute atomic E-state index is 0.117. The van der Waals surface area contributed by atoms with Crippen molar-refractivity contribution in [1.82, 2.24) is 0 Å². The van der Waals surface area contributed by atoms with Crippen LogP contribution in [0.15, 0.2) is 0 Å². The predicted octanol–water partition coefficient (Wildman–Crippen LogP) is 4.40. The lowest BCUT2D eigenvalue weighted by atomic mass is 9.75. The van der Waals surface area contributed by atoms with Crippen molar-refractivity contribution in [2.24, 2.45) is 5.92 Å². The summed E-state index contributed by atoms with van der Waals surface area (Å²) in [4.78, 5) is 39.2. The molecule has 158 valence electrons. The average molecular weight is 420 g/mol. The highest BCUT2D eigenvalue weighted by Gasteiger charge is 2.53. The lowest BCUT2D eigenvalue weighted by Gasteiger charge is -2.35. The van der Waals surface area contributed by atoms with Crippen molar-refractivity contribution >= 4 is 34.2 Å². The zero-order valence-electron chi connectivity index (χ0n) is 17.0. The van der Waals surface area contributed by atoms with E-state index in [1.807, 2.05) is 0 Å². The molecule has 1 spiro atoms. The topological polar surface area (TPSA) is 81.7 Å².